The minimum Gasteiger partial charge on any atom is -0.388 e. The van der Waals surface area contributed by atoms with Gasteiger partial charge in [-0.15, -0.1) is 0 Å². The molecule has 3 N–H and O–H groups in total. The van der Waals surface area contributed by atoms with E-state index in [4.69, 9.17) is 0 Å². The van der Waals surface area contributed by atoms with Crippen molar-refractivity contribution in [1.29, 1.82) is 0 Å². The number of nitrogens with one attached hydrogen (secondary N) is 2. The normalized spacial score (nSPS) is 20.2. The second kappa shape index (κ2) is 6.96. The van der Waals surface area contributed by atoms with Crippen LogP contribution in [0.1, 0.15) is 44.0 Å². The molecular weight excluding hydrogens is 318 g/mol. The Morgan fingerprint density at radius 3 is 2.62 bits per heavy atom. The molecule has 1 aliphatic carbocycles. The third-order valence-electron chi connectivity index (χ3n) is 4.55. The third-order valence-corrected chi connectivity index (χ3v) is 4.55. The van der Waals surface area contributed by atoms with Crippen molar-refractivity contribution in [3.63, 3.8) is 0 Å². The number of nitrogens with zero attached hydrogens (tertiary/aromatic N) is 2. The zero-order chi connectivity index (χ0) is 18.0. The molecule has 134 valence electrons. The van der Waals surface area contributed by atoms with Crippen LogP contribution in [0.3, 0.4) is 0 Å². The van der Waals surface area contributed by atoms with Crippen LogP contribution in [0.5, 0.6) is 0 Å². The maximum absolute atomic E-state index is 13.2. The number of carbonyl (C=O) groups excluding carboxylic acids is 1. The summed E-state index contributed by atoms with van der Waals surface area (Å²) < 4.78 is 26.4. The van der Waals surface area contributed by atoms with Gasteiger partial charge in [-0.2, -0.15) is 10.2 Å². The van der Waals surface area contributed by atoms with Gasteiger partial charge in [0.25, 0.3) is 0 Å². The first kappa shape index (κ1) is 18.5. The zero-order valence-electron chi connectivity index (χ0n) is 14.2. The summed E-state index contributed by atoms with van der Waals surface area (Å²) in [6, 6.07) is 1.22. The van der Waals surface area contributed by atoms with Crippen LogP contribution in [-0.2, 0) is 0 Å². The number of aliphatic hydroxyl groups is 1. The molecule has 8 heteroatoms. The minimum atomic E-state index is -2.64. The standard InChI is InChI=1S/C16H24F2N4O2/c1-10-8-13(11(2)22-21-10)20-14(23)19-9-15(3,24)12-4-6-16(17,18)7-5-12/h8,12,24H,4-7,9H2,1-3H3,(H2,19,20,21,23). The lowest BCUT2D eigenvalue weighted by Gasteiger charge is -2.38. The van der Waals surface area contributed by atoms with E-state index in [0.29, 0.717) is 17.1 Å². The number of halogens is 2. The van der Waals surface area contributed by atoms with Gasteiger partial charge in [0.2, 0.25) is 5.92 Å². The Bertz CT molecular complexity index is 598. The van der Waals surface area contributed by atoms with Crippen LogP contribution in [0.15, 0.2) is 6.07 Å². The lowest BCUT2D eigenvalue weighted by molar-refractivity contribution is -0.0860. The van der Waals surface area contributed by atoms with Crippen molar-refractivity contribution < 1.29 is 18.7 Å². The van der Waals surface area contributed by atoms with Crippen LogP contribution >= 0.6 is 0 Å². The number of carbonyl (C=O) groups is 1. The van der Waals surface area contributed by atoms with Gasteiger partial charge in [-0.3, -0.25) is 0 Å². The van der Waals surface area contributed by atoms with E-state index in [1.807, 2.05) is 0 Å². The van der Waals surface area contributed by atoms with Crippen molar-refractivity contribution in [1.82, 2.24) is 15.5 Å². The van der Waals surface area contributed by atoms with Gasteiger partial charge in [0.05, 0.1) is 22.7 Å². The number of hydrogen-bond acceptors (Lipinski definition) is 4. The zero-order valence-corrected chi connectivity index (χ0v) is 14.2. The molecule has 1 atom stereocenters. The topological polar surface area (TPSA) is 87.1 Å². The third kappa shape index (κ3) is 4.83. The highest BCUT2D eigenvalue weighted by Crippen LogP contribution is 2.40. The Hall–Kier alpha value is -1.83. The summed E-state index contributed by atoms with van der Waals surface area (Å²) in [6.07, 6.45) is 0.0497. The van der Waals surface area contributed by atoms with Gasteiger partial charge in [-0.05, 0) is 45.6 Å². The molecule has 6 nitrogen and oxygen atoms in total. The van der Waals surface area contributed by atoms with E-state index in [1.165, 1.54) is 0 Å². The molecule has 0 spiro atoms. The lowest BCUT2D eigenvalue weighted by atomic mass is 9.76. The fourth-order valence-corrected chi connectivity index (χ4v) is 2.91. The van der Waals surface area contributed by atoms with Crippen molar-refractivity contribution in [2.24, 2.45) is 5.92 Å². The van der Waals surface area contributed by atoms with E-state index in [-0.39, 0.29) is 38.1 Å². The molecule has 1 fully saturated rings. The molecule has 1 unspecified atom stereocenters. The molecule has 1 heterocycles. The largest absolute Gasteiger partial charge is 0.388 e. The molecule has 1 aliphatic rings. The van der Waals surface area contributed by atoms with Crippen LogP contribution in [0.2, 0.25) is 0 Å². The van der Waals surface area contributed by atoms with Crippen LogP contribution in [-0.4, -0.2) is 39.4 Å². The summed E-state index contributed by atoms with van der Waals surface area (Å²) in [5.41, 5.74) is 0.565. The molecule has 0 radical (unpaired) electrons. The molecule has 2 amide bonds. The second-order valence-corrected chi connectivity index (χ2v) is 6.78. The van der Waals surface area contributed by atoms with E-state index < -0.39 is 17.6 Å². The molecule has 1 aromatic rings. The molecule has 1 aromatic heterocycles. The van der Waals surface area contributed by atoms with E-state index in [0.717, 1.165) is 0 Å². The SMILES string of the molecule is Cc1cc(NC(=O)NCC(C)(O)C2CCC(F)(F)CC2)c(C)nn1. The monoisotopic (exact) mass is 342 g/mol. The fraction of sp³-hybridized carbons (Fsp3) is 0.688. The first-order valence-electron chi connectivity index (χ1n) is 8.05. The Morgan fingerprint density at radius 2 is 2.00 bits per heavy atom. The quantitative estimate of drug-likeness (QED) is 0.785. The van der Waals surface area contributed by atoms with Gasteiger partial charge < -0.3 is 15.7 Å². The first-order chi connectivity index (χ1) is 11.1. The number of rotatable bonds is 4. The molecule has 2 rings (SSSR count). The molecule has 24 heavy (non-hydrogen) atoms. The van der Waals surface area contributed by atoms with Gasteiger partial charge in [0.1, 0.15) is 0 Å². The summed E-state index contributed by atoms with van der Waals surface area (Å²) in [6.45, 7) is 5.05. The molecule has 0 aromatic carbocycles. The molecule has 0 aliphatic heterocycles. The van der Waals surface area contributed by atoms with E-state index in [9.17, 15) is 18.7 Å². The summed E-state index contributed by atoms with van der Waals surface area (Å²) in [5, 5.41) is 23.6. The summed E-state index contributed by atoms with van der Waals surface area (Å²) in [5.74, 6) is -2.90. The Morgan fingerprint density at radius 1 is 1.38 bits per heavy atom. The Kier molecular flexibility index (Phi) is 5.37. The number of aromatic nitrogens is 2. The van der Waals surface area contributed by atoms with Crippen LogP contribution in [0.4, 0.5) is 19.3 Å². The predicted octanol–water partition coefficient (Wildman–Crippen LogP) is 2.79. The molecule has 0 bridgehead atoms. The van der Waals surface area contributed by atoms with Crippen molar-refractivity contribution in [3.8, 4) is 0 Å². The Labute approximate surface area is 140 Å². The highest BCUT2D eigenvalue weighted by molar-refractivity contribution is 5.89. The van der Waals surface area contributed by atoms with E-state index >= 15 is 0 Å². The maximum atomic E-state index is 13.2. The van der Waals surface area contributed by atoms with Gasteiger partial charge in [-0.1, -0.05) is 0 Å². The highest BCUT2D eigenvalue weighted by atomic mass is 19.3. The predicted molar refractivity (Wildman–Crippen MR) is 86.1 cm³/mol. The Balaban J connectivity index is 1.87. The smallest absolute Gasteiger partial charge is 0.319 e. The van der Waals surface area contributed by atoms with Crippen molar-refractivity contribution in [2.75, 3.05) is 11.9 Å². The van der Waals surface area contributed by atoms with Crippen LogP contribution < -0.4 is 10.6 Å². The lowest BCUT2D eigenvalue weighted by Crippen LogP contribution is -2.48. The average molecular weight is 342 g/mol. The summed E-state index contributed by atoms with van der Waals surface area (Å²) in [4.78, 5) is 12.0. The van der Waals surface area contributed by atoms with Crippen molar-refractivity contribution in [3.05, 3.63) is 17.5 Å². The average Bonchev–Trinajstić information content (AvgIpc) is 2.49. The minimum absolute atomic E-state index is 0.00832. The van der Waals surface area contributed by atoms with E-state index in [1.54, 1.807) is 26.8 Å². The number of hydrogen-bond donors (Lipinski definition) is 3. The van der Waals surface area contributed by atoms with Gasteiger partial charge in [0, 0.05) is 19.4 Å². The van der Waals surface area contributed by atoms with Crippen LogP contribution in [0.25, 0.3) is 0 Å². The molecule has 1 saturated carbocycles. The maximum Gasteiger partial charge on any atom is 0.319 e. The second-order valence-electron chi connectivity index (χ2n) is 6.78. The van der Waals surface area contributed by atoms with Crippen LogP contribution in [0, 0.1) is 19.8 Å². The number of alkyl halides is 2. The van der Waals surface area contributed by atoms with Gasteiger partial charge in [0.15, 0.2) is 0 Å². The summed E-state index contributed by atoms with van der Waals surface area (Å²) >= 11 is 0. The molecule has 0 saturated heterocycles. The van der Waals surface area contributed by atoms with Crippen molar-refractivity contribution >= 4 is 11.7 Å². The first-order valence-corrected chi connectivity index (χ1v) is 8.05. The van der Waals surface area contributed by atoms with Gasteiger partial charge in [-0.25, -0.2) is 13.6 Å². The highest BCUT2D eigenvalue weighted by Gasteiger charge is 2.41. The summed E-state index contributed by atoms with van der Waals surface area (Å²) in [7, 11) is 0. The van der Waals surface area contributed by atoms with E-state index in [2.05, 4.69) is 20.8 Å². The number of anilines is 1. The molecular formula is C16H24F2N4O2. The van der Waals surface area contributed by atoms with Crippen molar-refractivity contribution in [2.45, 2.75) is 58.0 Å². The number of amides is 2. The van der Waals surface area contributed by atoms with Gasteiger partial charge >= 0.3 is 6.03 Å². The number of aryl methyl sites for hydroxylation is 2. The number of urea groups is 1. The fourth-order valence-electron chi connectivity index (χ4n) is 2.91.